The van der Waals surface area contributed by atoms with Crippen molar-refractivity contribution in [2.24, 2.45) is 10.7 Å². The summed E-state index contributed by atoms with van der Waals surface area (Å²) in [6.07, 6.45) is 3.60. The van der Waals surface area contributed by atoms with Gasteiger partial charge in [-0.05, 0) is 55.2 Å². The van der Waals surface area contributed by atoms with Crippen molar-refractivity contribution in [3.8, 4) is 5.75 Å². The first kappa shape index (κ1) is 28.4. The molecule has 0 aliphatic carbocycles. The lowest BCUT2D eigenvalue weighted by molar-refractivity contribution is -0.124. The molecule has 0 radical (unpaired) electrons. The number of thiazole rings is 1. The van der Waals surface area contributed by atoms with Gasteiger partial charge in [0.2, 0.25) is 5.91 Å². The summed E-state index contributed by atoms with van der Waals surface area (Å²) in [5, 5.41) is 8.12. The molecule has 0 bridgehead atoms. The lowest BCUT2D eigenvalue weighted by Gasteiger charge is -2.09. The first-order chi connectivity index (χ1) is 17.9. The van der Waals surface area contributed by atoms with E-state index in [2.05, 4.69) is 20.6 Å². The Labute approximate surface area is 225 Å². The number of halogens is 2. The van der Waals surface area contributed by atoms with Crippen molar-refractivity contribution in [2.45, 2.75) is 32.3 Å². The Morgan fingerprint density at radius 3 is 2.78 bits per heavy atom. The average Bonchev–Trinajstić information content (AvgIpc) is 3.29. The van der Waals surface area contributed by atoms with Gasteiger partial charge in [-0.25, -0.2) is 14.4 Å². The minimum Gasteiger partial charge on any atom is -0.487 e. The number of methoxy groups -OCH3 is 1. The zero-order chi connectivity index (χ0) is 26.6. The van der Waals surface area contributed by atoms with Crippen molar-refractivity contribution in [2.75, 3.05) is 32.6 Å². The van der Waals surface area contributed by atoms with E-state index < -0.39 is 0 Å². The molecule has 0 atom stereocenters. The van der Waals surface area contributed by atoms with Gasteiger partial charge in [-0.1, -0.05) is 30.2 Å². The van der Waals surface area contributed by atoms with Gasteiger partial charge in [0.25, 0.3) is 0 Å². The fraction of sp³-hybridized carbons (Fsp3) is 0.346. The molecule has 0 fully saturated rings. The molecule has 0 unspecified atom stereocenters. The summed E-state index contributed by atoms with van der Waals surface area (Å²) in [7, 11) is 3.32. The highest BCUT2D eigenvalue weighted by molar-refractivity contribution is 7.16. The molecule has 1 amide bonds. The van der Waals surface area contributed by atoms with Gasteiger partial charge in [-0.15, -0.1) is 11.3 Å². The first-order valence-electron chi connectivity index (χ1n) is 11.8. The number of unbranched alkanes of at least 4 members (excludes halogenated alkanes) is 2. The third kappa shape index (κ3) is 8.99. The largest absolute Gasteiger partial charge is 0.487 e. The van der Waals surface area contributed by atoms with E-state index in [-0.39, 0.29) is 30.8 Å². The number of carbonyl (C=O) groups excluding carboxylic acids is 1. The summed E-state index contributed by atoms with van der Waals surface area (Å²) >= 11 is 7.92. The number of rotatable bonds is 14. The van der Waals surface area contributed by atoms with E-state index >= 15 is 0 Å². The Morgan fingerprint density at radius 2 is 2.05 bits per heavy atom. The van der Waals surface area contributed by atoms with Gasteiger partial charge in [-0.2, -0.15) is 0 Å². The van der Waals surface area contributed by atoms with E-state index in [4.69, 9.17) is 26.8 Å². The predicted molar refractivity (Wildman–Crippen MR) is 147 cm³/mol. The van der Waals surface area contributed by atoms with Crippen LogP contribution in [0.1, 0.15) is 35.5 Å². The maximum atomic E-state index is 13.4. The highest BCUT2D eigenvalue weighted by Gasteiger charge is 2.14. The second-order valence-electron chi connectivity index (χ2n) is 8.16. The Kier molecular flexibility index (Phi) is 11.1. The standard InChI is InChI=1S/C26H31ClFN5O3S/c1-30-26-24(33-23(37-26)9-4-3-5-12-31-22(34)16-35-2)25(29)32-19-10-11-21(20(27)14-19)36-15-17-7-6-8-18(28)13-17/h6-8,10-11,13-14,30H,3-5,9,12,15-16H2,1-2H3,(H2,29,32)(H,31,34). The molecule has 4 N–H and O–H groups in total. The van der Waals surface area contributed by atoms with Crippen molar-refractivity contribution in [3.63, 3.8) is 0 Å². The van der Waals surface area contributed by atoms with Crippen LogP contribution >= 0.6 is 22.9 Å². The van der Waals surface area contributed by atoms with Gasteiger partial charge in [-0.3, -0.25) is 4.79 Å². The number of anilines is 1. The van der Waals surface area contributed by atoms with Crippen LogP contribution < -0.4 is 21.1 Å². The number of benzene rings is 2. The zero-order valence-electron chi connectivity index (χ0n) is 20.9. The number of amides is 1. The van der Waals surface area contributed by atoms with Crippen LogP contribution in [0.4, 0.5) is 15.1 Å². The molecule has 198 valence electrons. The van der Waals surface area contributed by atoms with Crippen LogP contribution in [0.5, 0.6) is 5.75 Å². The molecule has 1 heterocycles. The van der Waals surface area contributed by atoms with E-state index in [1.807, 2.05) is 7.05 Å². The summed E-state index contributed by atoms with van der Waals surface area (Å²) in [6, 6.07) is 11.3. The van der Waals surface area contributed by atoms with Gasteiger partial charge in [0.1, 0.15) is 35.5 Å². The van der Waals surface area contributed by atoms with Crippen LogP contribution in [0.25, 0.3) is 0 Å². The van der Waals surface area contributed by atoms with Crippen molar-refractivity contribution in [1.29, 1.82) is 0 Å². The number of nitrogens with zero attached hydrogens (tertiary/aromatic N) is 2. The maximum absolute atomic E-state index is 13.4. The van der Waals surface area contributed by atoms with E-state index in [0.717, 1.165) is 35.7 Å². The number of ether oxygens (including phenoxy) is 2. The summed E-state index contributed by atoms with van der Waals surface area (Å²) in [6.45, 7) is 0.903. The number of hydrogen-bond donors (Lipinski definition) is 3. The molecule has 3 rings (SSSR count). The summed E-state index contributed by atoms with van der Waals surface area (Å²) < 4.78 is 23.9. The van der Waals surface area contributed by atoms with E-state index in [9.17, 15) is 9.18 Å². The third-order valence-electron chi connectivity index (χ3n) is 5.25. The molecule has 1 aromatic heterocycles. The van der Waals surface area contributed by atoms with Crippen LogP contribution in [0.3, 0.4) is 0 Å². The molecule has 0 spiro atoms. The van der Waals surface area contributed by atoms with Crippen LogP contribution in [0.15, 0.2) is 47.5 Å². The highest BCUT2D eigenvalue weighted by Crippen LogP contribution is 2.31. The monoisotopic (exact) mass is 547 g/mol. The summed E-state index contributed by atoms with van der Waals surface area (Å²) in [5.41, 5.74) is 8.16. The van der Waals surface area contributed by atoms with Gasteiger partial charge in [0.05, 0.1) is 15.7 Å². The Morgan fingerprint density at radius 1 is 1.22 bits per heavy atom. The fourth-order valence-corrected chi connectivity index (χ4v) is 4.66. The minimum absolute atomic E-state index is 0.0817. The van der Waals surface area contributed by atoms with Crippen LogP contribution in [0, 0.1) is 5.82 Å². The van der Waals surface area contributed by atoms with E-state index in [1.54, 1.807) is 41.7 Å². The lowest BCUT2D eigenvalue weighted by atomic mass is 10.2. The predicted octanol–water partition coefficient (Wildman–Crippen LogP) is 5.07. The topological polar surface area (TPSA) is 111 Å². The molecule has 0 aliphatic heterocycles. The van der Waals surface area contributed by atoms with E-state index in [1.165, 1.54) is 19.2 Å². The second-order valence-corrected chi connectivity index (χ2v) is 9.65. The zero-order valence-corrected chi connectivity index (χ0v) is 22.4. The lowest BCUT2D eigenvalue weighted by Crippen LogP contribution is -2.27. The average molecular weight is 548 g/mol. The molecule has 37 heavy (non-hydrogen) atoms. The normalized spacial score (nSPS) is 11.4. The molecule has 0 saturated carbocycles. The second kappa shape index (κ2) is 14.5. The van der Waals surface area contributed by atoms with Gasteiger partial charge in [0, 0.05) is 20.7 Å². The smallest absolute Gasteiger partial charge is 0.245 e. The molecular formula is C26H31ClFN5O3S. The number of nitrogens with one attached hydrogen (secondary N) is 2. The van der Waals surface area contributed by atoms with E-state index in [0.29, 0.717) is 34.3 Å². The number of carbonyl (C=O) groups is 1. The molecule has 8 nitrogen and oxygen atoms in total. The SMILES string of the molecule is CNc1sc(CCCCCNC(=O)COC)nc1C(N)=Nc1ccc(OCc2cccc(F)c2)c(Cl)c1. The number of hydrogen-bond acceptors (Lipinski definition) is 7. The maximum Gasteiger partial charge on any atom is 0.245 e. The van der Waals surface area contributed by atoms with Gasteiger partial charge in [0.15, 0.2) is 5.84 Å². The number of nitrogens with two attached hydrogens (primary N) is 1. The third-order valence-corrected chi connectivity index (χ3v) is 6.68. The molecule has 3 aromatic rings. The Balaban J connectivity index is 1.56. The van der Waals surface area contributed by atoms with Crippen molar-refractivity contribution in [3.05, 3.63) is 69.6 Å². The molecular weight excluding hydrogens is 517 g/mol. The number of aliphatic imine (C=N–C) groups is 1. The molecule has 11 heteroatoms. The molecule has 0 saturated heterocycles. The van der Waals surface area contributed by atoms with Crippen molar-refractivity contribution >= 4 is 45.4 Å². The van der Waals surface area contributed by atoms with Gasteiger partial charge < -0.3 is 25.8 Å². The number of amidine groups is 1. The molecule has 2 aromatic carbocycles. The van der Waals surface area contributed by atoms with Crippen molar-refractivity contribution < 1.29 is 18.7 Å². The number of aromatic nitrogens is 1. The van der Waals surface area contributed by atoms with Crippen LogP contribution in [-0.4, -0.2) is 44.0 Å². The first-order valence-corrected chi connectivity index (χ1v) is 13.0. The Hall–Kier alpha value is -3.21. The summed E-state index contributed by atoms with van der Waals surface area (Å²) in [5.74, 6) is 0.320. The summed E-state index contributed by atoms with van der Waals surface area (Å²) in [4.78, 5) is 20.6. The minimum atomic E-state index is -0.317. The Bertz CT molecular complexity index is 1220. The number of aryl methyl sites for hydroxylation is 1. The quantitative estimate of drug-likeness (QED) is 0.148. The fourth-order valence-electron chi connectivity index (χ4n) is 3.46. The van der Waals surface area contributed by atoms with Crippen LogP contribution in [-0.2, 0) is 22.6 Å². The van der Waals surface area contributed by atoms with Gasteiger partial charge >= 0.3 is 0 Å². The van der Waals surface area contributed by atoms with Crippen molar-refractivity contribution in [1.82, 2.24) is 10.3 Å². The molecule has 0 aliphatic rings. The van der Waals surface area contributed by atoms with Crippen LogP contribution in [0.2, 0.25) is 5.02 Å². The highest BCUT2D eigenvalue weighted by atomic mass is 35.5.